The topological polar surface area (TPSA) is 73.2 Å². The highest BCUT2D eigenvalue weighted by Crippen LogP contribution is 2.42. The number of halogens is 3. The summed E-state index contributed by atoms with van der Waals surface area (Å²) in [6, 6.07) is 8.16. The zero-order chi connectivity index (χ0) is 19.7. The van der Waals surface area contributed by atoms with Gasteiger partial charge in [0.05, 0.1) is 23.6 Å². The smallest absolute Gasteiger partial charge is 0.345 e. The largest absolute Gasteiger partial charge is 0.390 e. The van der Waals surface area contributed by atoms with Crippen molar-refractivity contribution >= 4 is 11.8 Å². The number of nitrogens with one attached hydrogen (secondary N) is 1. The van der Waals surface area contributed by atoms with Crippen LogP contribution < -0.4 is 5.32 Å². The molecule has 0 aromatic heterocycles. The molecule has 0 spiro atoms. The van der Waals surface area contributed by atoms with E-state index in [4.69, 9.17) is 5.26 Å². The maximum Gasteiger partial charge on any atom is 0.390 e. The van der Waals surface area contributed by atoms with Crippen LogP contribution in [0, 0.1) is 11.3 Å². The minimum atomic E-state index is -4.38. The number of nitriles is 1. The van der Waals surface area contributed by atoms with E-state index in [-0.39, 0.29) is 12.8 Å². The van der Waals surface area contributed by atoms with Crippen LogP contribution in [0.4, 0.5) is 13.2 Å². The minimum absolute atomic E-state index is 0.0763. The lowest BCUT2D eigenvalue weighted by Gasteiger charge is -2.44. The third-order valence-electron chi connectivity index (χ3n) is 5.38. The van der Waals surface area contributed by atoms with Gasteiger partial charge in [-0.2, -0.15) is 18.4 Å². The van der Waals surface area contributed by atoms with Gasteiger partial charge >= 0.3 is 6.18 Å². The number of carbonyl (C=O) groups is 2. The molecule has 144 valence electrons. The molecule has 1 atom stereocenters. The zero-order valence-electron chi connectivity index (χ0n) is 14.7. The fourth-order valence-electron chi connectivity index (χ4n) is 3.76. The second kappa shape index (κ2) is 7.22. The molecule has 2 aliphatic rings. The minimum Gasteiger partial charge on any atom is -0.345 e. The summed E-state index contributed by atoms with van der Waals surface area (Å²) in [5, 5.41) is 12.1. The predicted octanol–water partition coefficient (Wildman–Crippen LogP) is 3.00. The molecule has 0 bridgehead atoms. The van der Waals surface area contributed by atoms with Gasteiger partial charge in [-0.3, -0.25) is 9.59 Å². The van der Waals surface area contributed by atoms with Crippen LogP contribution in [-0.2, 0) is 15.1 Å². The monoisotopic (exact) mass is 379 g/mol. The average molecular weight is 379 g/mol. The van der Waals surface area contributed by atoms with E-state index in [1.165, 1.54) is 0 Å². The van der Waals surface area contributed by atoms with Crippen LogP contribution in [0.3, 0.4) is 0 Å². The molecular weight excluding hydrogens is 359 g/mol. The van der Waals surface area contributed by atoms with E-state index in [0.717, 1.165) is 16.9 Å². The van der Waals surface area contributed by atoms with Gasteiger partial charge in [0.15, 0.2) is 0 Å². The SMILES string of the molecule is N#Cc1cccc(C2(NC(=O)C3CCC(=O)N3CCC(F)(F)F)CCC2)c1. The number of hydrogen-bond donors (Lipinski definition) is 1. The predicted molar refractivity (Wildman–Crippen MR) is 90.2 cm³/mol. The number of nitrogens with zero attached hydrogens (tertiary/aromatic N) is 2. The summed E-state index contributed by atoms with van der Waals surface area (Å²) in [4.78, 5) is 25.8. The normalized spacial score (nSPS) is 21.5. The third kappa shape index (κ3) is 4.07. The van der Waals surface area contributed by atoms with Gasteiger partial charge in [-0.25, -0.2) is 0 Å². The average Bonchev–Trinajstić information content (AvgIpc) is 2.96. The van der Waals surface area contributed by atoms with Gasteiger partial charge in [-0.15, -0.1) is 0 Å². The van der Waals surface area contributed by atoms with Crippen molar-refractivity contribution < 1.29 is 22.8 Å². The van der Waals surface area contributed by atoms with Crippen LogP contribution in [-0.4, -0.2) is 35.5 Å². The maximum absolute atomic E-state index is 12.8. The standard InChI is InChI=1S/C19H20F3N3O2/c20-19(21,22)9-10-25-15(5-6-16(25)26)17(27)24-18(7-2-8-18)14-4-1-3-13(11-14)12-23/h1,3-4,11,15H,2,5-10H2,(H,24,27). The lowest BCUT2D eigenvalue weighted by atomic mass is 9.71. The number of likely N-dealkylation sites (tertiary alicyclic amines) is 1. The molecule has 1 saturated carbocycles. The van der Waals surface area contributed by atoms with Crippen LogP contribution in [0.25, 0.3) is 0 Å². The van der Waals surface area contributed by atoms with E-state index in [1.807, 2.05) is 6.07 Å². The van der Waals surface area contributed by atoms with Crippen molar-refractivity contribution in [3.8, 4) is 6.07 Å². The van der Waals surface area contributed by atoms with Crippen molar-refractivity contribution in [2.24, 2.45) is 0 Å². The number of hydrogen-bond acceptors (Lipinski definition) is 3. The first-order valence-electron chi connectivity index (χ1n) is 8.93. The number of carbonyl (C=O) groups excluding carboxylic acids is 2. The molecule has 1 saturated heterocycles. The molecule has 1 unspecified atom stereocenters. The molecule has 5 nitrogen and oxygen atoms in total. The van der Waals surface area contributed by atoms with Crippen LogP contribution >= 0.6 is 0 Å². The Labute approximate surface area is 155 Å². The second-order valence-electron chi connectivity index (χ2n) is 7.12. The van der Waals surface area contributed by atoms with Gasteiger partial charge < -0.3 is 10.2 Å². The van der Waals surface area contributed by atoms with Crippen molar-refractivity contribution in [1.29, 1.82) is 5.26 Å². The lowest BCUT2D eigenvalue weighted by molar-refractivity contribution is -0.148. The highest BCUT2D eigenvalue weighted by molar-refractivity contribution is 5.91. The van der Waals surface area contributed by atoms with E-state index in [9.17, 15) is 22.8 Å². The first-order valence-corrected chi connectivity index (χ1v) is 8.93. The van der Waals surface area contributed by atoms with E-state index >= 15 is 0 Å². The number of amides is 2. The molecule has 1 aliphatic heterocycles. The highest BCUT2D eigenvalue weighted by Gasteiger charge is 2.44. The quantitative estimate of drug-likeness (QED) is 0.855. The number of benzene rings is 1. The Balaban J connectivity index is 1.74. The van der Waals surface area contributed by atoms with Crippen molar-refractivity contribution in [3.63, 3.8) is 0 Å². The highest BCUT2D eigenvalue weighted by atomic mass is 19.4. The van der Waals surface area contributed by atoms with Gasteiger partial charge in [0.1, 0.15) is 6.04 Å². The molecule has 2 amide bonds. The molecule has 27 heavy (non-hydrogen) atoms. The van der Waals surface area contributed by atoms with Gasteiger partial charge in [-0.05, 0) is 43.4 Å². The van der Waals surface area contributed by atoms with Crippen molar-refractivity contribution in [1.82, 2.24) is 10.2 Å². The van der Waals surface area contributed by atoms with Crippen molar-refractivity contribution in [2.75, 3.05) is 6.54 Å². The third-order valence-corrected chi connectivity index (χ3v) is 5.38. The summed E-state index contributed by atoms with van der Waals surface area (Å²) in [6.07, 6.45) is -2.93. The Bertz CT molecular complexity index is 781. The van der Waals surface area contributed by atoms with E-state index in [0.29, 0.717) is 18.4 Å². The van der Waals surface area contributed by atoms with Crippen LogP contribution in [0.1, 0.15) is 49.7 Å². The Morgan fingerprint density at radius 1 is 1.37 bits per heavy atom. The summed E-state index contributed by atoms with van der Waals surface area (Å²) in [7, 11) is 0. The Hall–Kier alpha value is -2.56. The van der Waals surface area contributed by atoms with Crippen LogP contribution in [0.15, 0.2) is 24.3 Å². The van der Waals surface area contributed by atoms with E-state index in [1.54, 1.807) is 18.2 Å². The summed E-state index contributed by atoms with van der Waals surface area (Å²) < 4.78 is 37.6. The fourth-order valence-corrected chi connectivity index (χ4v) is 3.76. The fraction of sp³-hybridized carbons (Fsp3) is 0.526. The summed E-state index contributed by atoms with van der Waals surface area (Å²) in [5.74, 6) is -0.848. The van der Waals surface area contributed by atoms with Crippen LogP contribution in [0.5, 0.6) is 0 Å². The van der Waals surface area contributed by atoms with Crippen LogP contribution in [0.2, 0.25) is 0 Å². The van der Waals surface area contributed by atoms with Gasteiger partial charge in [0, 0.05) is 13.0 Å². The van der Waals surface area contributed by atoms with Crippen molar-refractivity contribution in [3.05, 3.63) is 35.4 Å². The van der Waals surface area contributed by atoms with E-state index < -0.39 is 42.5 Å². The summed E-state index contributed by atoms with van der Waals surface area (Å²) in [6.45, 7) is -0.503. The molecule has 1 aromatic carbocycles. The summed E-state index contributed by atoms with van der Waals surface area (Å²) in [5.41, 5.74) is 0.675. The van der Waals surface area contributed by atoms with Gasteiger partial charge in [0.25, 0.3) is 0 Å². The van der Waals surface area contributed by atoms with Gasteiger partial charge in [0.2, 0.25) is 11.8 Å². The molecule has 1 aromatic rings. The molecular formula is C19H20F3N3O2. The molecule has 1 N–H and O–H groups in total. The molecule has 1 heterocycles. The maximum atomic E-state index is 12.8. The summed E-state index contributed by atoms with van der Waals surface area (Å²) >= 11 is 0. The lowest BCUT2D eigenvalue weighted by Crippen LogP contribution is -2.56. The van der Waals surface area contributed by atoms with Gasteiger partial charge in [-0.1, -0.05) is 12.1 Å². The van der Waals surface area contributed by atoms with E-state index in [2.05, 4.69) is 11.4 Å². The molecule has 2 fully saturated rings. The Morgan fingerprint density at radius 2 is 2.11 bits per heavy atom. The molecule has 0 radical (unpaired) electrons. The van der Waals surface area contributed by atoms with Crippen molar-refractivity contribution in [2.45, 2.75) is 56.3 Å². The number of alkyl halides is 3. The first kappa shape index (κ1) is 19.2. The zero-order valence-corrected chi connectivity index (χ0v) is 14.7. The first-order chi connectivity index (χ1) is 12.7. The Morgan fingerprint density at radius 3 is 2.70 bits per heavy atom. The molecule has 1 aliphatic carbocycles. The molecule has 8 heteroatoms. The number of rotatable bonds is 5. The second-order valence-corrected chi connectivity index (χ2v) is 7.12. The Kier molecular flexibility index (Phi) is 5.13. The molecule has 3 rings (SSSR count).